The molecule has 0 radical (unpaired) electrons. The average molecular weight is 244 g/mol. The molecule has 0 amide bonds. The van der Waals surface area contributed by atoms with Crippen molar-refractivity contribution in [3.05, 3.63) is 29.0 Å². The molecule has 2 aromatic heterocycles. The van der Waals surface area contributed by atoms with E-state index in [0.29, 0.717) is 5.69 Å². The molecule has 2 heterocycles. The van der Waals surface area contributed by atoms with E-state index in [1.54, 1.807) is 10.9 Å². The van der Waals surface area contributed by atoms with Crippen LogP contribution in [0.2, 0.25) is 0 Å². The lowest BCUT2D eigenvalue weighted by atomic mass is 10.5. The summed E-state index contributed by atoms with van der Waals surface area (Å²) in [6, 6.07) is 0. The monoisotopic (exact) mass is 244 g/mol. The van der Waals surface area contributed by atoms with E-state index in [1.807, 2.05) is 0 Å². The van der Waals surface area contributed by atoms with Crippen molar-refractivity contribution in [2.45, 2.75) is 11.4 Å². The second-order valence-corrected chi connectivity index (χ2v) is 5.22. The molecule has 0 unspecified atom stereocenters. The number of rotatable bonds is 4. The van der Waals surface area contributed by atoms with Crippen molar-refractivity contribution in [3.8, 4) is 0 Å². The molecule has 0 aliphatic rings. The summed E-state index contributed by atoms with van der Waals surface area (Å²) in [5.41, 5.74) is 2.36. The summed E-state index contributed by atoms with van der Waals surface area (Å²) in [6.45, 7) is 0.191. The standard InChI is InChI=1S/C7H8N4O2S2/c12-15(13,7-2-9-10-3-7)11-1-6-4-14-5-8-6/h2-5,11H,1H2,(H,9,10). The largest absolute Gasteiger partial charge is 0.284 e. The van der Waals surface area contributed by atoms with E-state index in [9.17, 15) is 8.42 Å². The quantitative estimate of drug-likeness (QED) is 0.812. The molecule has 6 nitrogen and oxygen atoms in total. The fourth-order valence-electron chi connectivity index (χ4n) is 0.963. The maximum Gasteiger partial charge on any atom is 0.244 e. The Balaban J connectivity index is 2.06. The number of hydrogen-bond donors (Lipinski definition) is 2. The van der Waals surface area contributed by atoms with Gasteiger partial charge >= 0.3 is 0 Å². The van der Waals surface area contributed by atoms with E-state index >= 15 is 0 Å². The van der Waals surface area contributed by atoms with E-state index in [4.69, 9.17) is 0 Å². The van der Waals surface area contributed by atoms with Gasteiger partial charge in [0.15, 0.2) is 0 Å². The van der Waals surface area contributed by atoms with Gasteiger partial charge in [-0.2, -0.15) is 5.10 Å². The van der Waals surface area contributed by atoms with E-state index in [-0.39, 0.29) is 11.4 Å². The molecule has 8 heteroatoms. The molecule has 0 aliphatic heterocycles. The van der Waals surface area contributed by atoms with E-state index in [1.165, 1.54) is 23.7 Å². The van der Waals surface area contributed by atoms with Gasteiger partial charge in [0.2, 0.25) is 10.0 Å². The molecular weight excluding hydrogens is 236 g/mol. The molecule has 0 aliphatic carbocycles. The summed E-state index contributed by atoms with van der Waals surface area (Å²) in [6.07, 6.45) is 2.58. The van der Waals surface area contributed by atoms with Crippen molar-refractivity contribution in [1.82, 2.24) is 19.9 Å². The lowest BCUT2D eigenvalue weighted by Gasteiger charge is -2.01. The topological polar surface area (TPSA) is 87.7 Å². The molecule has 0 aromatic carbocycles. The normalized spacial score (nSPS) is 11.7. The van der Waals surface area contributed by atoms with Crippen molar-refractivity contribution in [3.63, 3.8) is 0 Å². The van der Waals surface area contributed by atoms with Crippen LogP contribution in [0.4, 0.5) is 0 Å². The highest BCUT2D eigenvalue weighted by Crippen LogP contribution is 2.06. The average Bonchev–Trinajstić information content (AvgIpc) is 2.88. The molecule has 2 N–H and O–H groups in total. The first kappa shape index (κ1) is 10.3. The highest BCUT2D eigenvalue weighted by Gasteiger charge is 2.14. The van der Waals surface area contributed by atoms with Crippen LogP contribution >= 0.6 is 11.3 Å². The van der Waals surface area contributed by atoms with Crippen molar-refractivity contribution < 1.29 is 8.42 Å². The smallest absolute Gasteiger partial charge is 0.244 e. The predicted molar refractivity (Wildman–Crippen MR) is 54.7 cm³/mol. The van der Waals surface area contributed by atoms with Crippen molar-refractivity contribution >= 4 is 21.4 Å². The fraction of sp³-hybridized carbons (Fsp3) is 0.143. The number of nitrogens with zero attached hydrogens (tertiary/aromatic N) is 2. The number of H-pyrrole nitrogens is 1. The van der Waals surface area contributed by atoms with Crippen LogP contribution < -0.4 is 4.72 Å². The van der Waals surface area contributed by atoms with Gasteiger partial charge in [0, 0.05) is 11.6 Å². The van der Waals surface area contributed by atoms with E-state index in [2.05, 4.69) is 19.9 Å². The highest BCUT2D eigenvalue weighted by molar-refractivity contribution is 7.89. The molecule has 80 valence electrons. The summed E-state index contributed by atoms with van der Waals surface area (Å²) >= 11 is 1.42. The molecule has 0 bridgehead atoms. The minimum absolute atomic E-state index is 0.123. The van der Waals surface area contributed by atoms with Crippen LogP contribution in [0.5, 0.6) is 0 Å². The zero-order valence-electron chi connectivity index (χ0n) is 7.54. The first-order valence-corrected chi connectivity index (χ1v) is 6.46. The predicted octanol–water partition coefficient (Wildman–Crippen LogP) is 0.345. The van der Waals surface area contributed by atoms with Crippen LogP contribution in [0.3, 0.4) is 0 Å². The van der Waals surface area contributed by atoms with Crippen molar-refractivity contribution in [2.75, 3.05) is 0 Å². The Morgan fingerprint density at radius 3 is 3.00 bits per heavy atom. The van der Waals surface area contributed by atoms with Gasteiger partial charge in [0.05, 0.1) is 23.9 Å². The Labute approximate surface area is 90.4 Å². The van der Waals surface area contributed by atoms with Crippen LogP contribution in [0.15, 0.2) is 28.2 Å². The maximum absolute atomic E-state index is 11.6. The Morgan fingerprint density at radius 2 is 2.40 bits per heavy atom. The maximum atomic E-state index is 11.6. The van der Waals surface area contributed by atoms with Gasteiger partial charge in [-0.25, -0.2) is 18.1 Å². The lowest BCUT2D eigenvalue weighted by Crippen LogP contribution is -2.22. The number of thiazole rings is 1. The van der Waals surface area contributed by atoms with Crippen LogP contribution in [0, 0.1) is 0 Å². The third-order valence-corrected chi connectivity index (χ3v) is 3.71. The number of sulfonamides is 1. The summed E-state index contributed by atoms with van der Waals surface area (Å²) in [5.74, 6) is 0. The molecule has 0 atom stereocenters. The molecule has 2 aromatic rings. The van der Waals surface area contributed by atoms with E-state index < -0.39 is 10.0 Å². The fourth-order valence-corrected chi connectivity index (χ4v) is 2.43. The Bertz CT molecular complexity index is 503. The molecule has 0 saturated carbocycles. The number of hydrogen-bond acceptors (Lipinski definition) is 5. The minimum Gasteiger partial charge on any atom is -0.284 e. The summed E-state index contributed by atoms with van der Waals surface area (Å²) in [7, 11) is -3.47. The third kappa shape index (κ3) is 2.41. The number of nitrogens with one attached hydrogen (secondary N) is 2. The Morgan fingerprint density at radius 1 is 1.53 bits per heavy atom. The Kier molecular flexibility index (Phi) is 2.80. The van der Waals surface area contributed by atoms with Crippen LogP contribution in [0.1, 0.15) is 5.69 Å². The molecular formula is C7H8N4O2S2. The van der Waals surface area contributed by atoms with Gasteiger partial charge in [-0.05, 0) is 0 Å². The third-order valence-electron chi connectivity index (χ3n) is 1.71. The van der Waals surface area contributed by atoms with Gasteiger partial charge in [-0.15, -0.1) is 11.3 Å². The highest BCUT2D eigenvalue weighted by atomic mass is 32.2. The lowest BCUT2D eigenvalue weighted by molar-refractivity contribution is 0.580. The first-order chi connectivity index (χ1) is 7.18. The van der Waals surface area contributed by atoms with Crippen molar-refractivity contribution in [2.24, 2.45) is 0 Å². The zero-order valence-corrected chi connectivity index (χ0v) is 9.18. The Hall–Kier alpha value is -1.25. The summed E-state index contributed by atoms with van der Waals surface area (Å²) in [5, 5.41) is 7.81. The molecule has 0 spiro atoms. The van der Waals surface area contributed by atoms with Gasteiger partial charge in [-0.1, -0.05) is 0 Å². The molecule has 2 rings (SSSR count). The van der Waals surface area contributed by atoms with Crippen LogP contribution in [-0.4, -0.2) is 23.6 Å². The second kappa shape index (κ2) is 4.09. The molecule has 0 fully saturated rings. The molecule has 0 saturated heterocycles. The van der Waals surface area contributed by atoms with Gasteiger partial charge < -0.3 is 0 Å². The van der Waals surface area contributed by atoms with E-state index in [0.717, 1.165) is 0 Å². The first-order valence-electron chi connectivity index (χ1n) is 4.04. The minimum atomic E-state index is -3.47. The van der Waals surface area contributed by atoms with Crippen molar-refractivity contribution in [1.29, 1.82) is 0 Å². The summed E-state index contributed by atoms with van der Waals surface area (Å²) in [4.78, 5) is 4.09. The van der Waals surface area contributed by atoms with Crippen LogP contribution in [0.25, 0.3) is 0 Å². The number of aromatic nitrogens is 3. The van der Waals surface area contributed by atoms with Crippen LogP contribution in [-0.2, 0) is 16.6 Å². The number of aromatic amines is 1. The SMILES string of the molecule is O=S(=O)(NCc1cscn1)c1cn[nH]c1. The van der Waals surface area contributed by atoms with Gasteiger partial charge in [0.25, 0.3) is 0 Å². The summed E-state index contributed by atoms with van der Waals surface area (Å²) < 4.78 is 25.6. The van der Waals surface area contributed by atoms with Gasteiger partial charge in [-0.3, -0.25) is 5.10 Å². The second-order valence-electron chi connectivity index (χ2n) is 2.74. The molecule has 15 heavy (non-hydrogen) atoms. The zero-order chi connectivity index (χ0) is 10.7. The van der Waals surface area contributed by atoms with Gasteiger partial charge in [0.1, 0.15) is 4.90 Å².